The van der Waals surface area contributed by atoms with E-state index >= 15 is 0 Å². The second-order valence-electron chi connectivity index (χ2n) is 3.43. The molecule has 0 saturated heterocycles. The molecule has 4 N–H and O–H groups in total. The third kappa shape index (κ3) is 4.21. The SMILES string of the molecule is NC(Cc1ccc(O)cc1)C(=O)OC(=O)CO. The number of aromatic hydroxyl groups is 1. The molecule has 1 aromatic rings. The molecule has 0 saturated carbocycles. The van der Waals surface area contributed by atoms with Crippen LogP contribution in [0.25, 0.3) is 0 Å². The smallest absolute Gasteiger partial charge is 0.339 e. The lowest BCUT2D eigenvalue weighted by Crippen LogP contribution is -2.36. The van der Waals surface area contributed by atoms with Crippen molar-refractivity contribution in [2.45, 2.75) is 12.5 Å². The average molecular weight is 239 g/mol. The van der Waals surface area contributed by atoms with Crippen LogP contribution in [-0.4, -0.2) is 34.8 Å². The Hall–Kier alpha value is -1.92. The summed E-state index contributed by atoms with van der Waals surface area (Å²) in [5, 5.41) is 17.4. The minimum absolute atomic E-state index is 0.111. The van der Waals surface area contributed by atoms with E-state index in [1.165, 1.54) is 12.1 Å². The number of ether oxygens (including phenoxy) is 1. The fourth-order valence-electron chi connectivity index (χ4n) is 1.19. The highest BCUT2D eigenvalue weighted by Crippen LogP contribution is 2.11. The van der Waals surface area contributed by atoms with Gasteiger partial charge in [0.25, 0.3) is 0 Å². The second kappa shape index (κ2) is 5.97. The highest BCUT2D eigenvalue weighted by atomic mass is 16.6. The van der Waals surface area contributed by atoms with Crippen molar-refractivity contribution in [1.82, 2.24) is 0 Å². The third-order valence-corrected chi connectivity index (χ3v) is 2.04. The quantitative estimate of drug-likeness (QED) is 0.474. The summed E-state index contributed by atoms with van der Waals surface area (Å²) in [4.78, 5) is 21.9. The van der Waals surface area contributed by atoms with Gasteiger partial charge in [-0.3, -0.25) is 0 Å². The van der Waals surface area contributed by atoms with E-state index in [9.17, 15) is 9.59 Å². The standard InChI is InChI=1S/C11H13NO5/c12-9(11(16)17-10(15)6-13)5-7-1-3-8(14)4-2-7/h1-4,9,13-14H,5-6,12H2. The van der Waals surface area contributed by atoms with Crippen molar-refractivity contribution in [1.29, 1.82) is 0 Å². The molecule has 92 valence electrons. The van der Waals surface area contributed by atoms with Crippen LogP contribution < -0.4 is 5.73 Å². The second-order valence-corrected chi connectivity index (χ2v) is 3.43. The van der Waals surface area contributed by atoms with Gasteiger partial charge in [0.1, 0.15) is 18.4 Å². The first-order chi connectivity index (χ1) is 8.02. The Morgan fingerprint density at radius 2 is 1.88 bits per heavy atom. The van der Waals surface area contributed by atoms with Gasteiger partial charge < -0.3 is 20.7 Å². The summed E-state index contributed by atoms with van der Waals surface area (Å²) >= 11 is 0. The van der Waals surface area contributed by atoms with E-state index < -0.39 is 24.6 Å². The van der Waals surface area contributed by atoms with E-state index in [0.717, 1.165) is 5.56 Å². The molecule has 0 heterocycles. The number of nitrogens with two attached hydrogens (primary N) is 1. The summed E-state index contributed by atoms with van der Waals surface area (Å²) in [7, 11) is 0. The molecule has 0 fully saturated rings. The van der Waals surface area contributed by atoms with Crippen LogP contribution in [0.4, 0.5) is 0 Å². The van der Waals surface area contributed by atoms with Crippen LogP contribution in [0.1, 0.15) is 5.56 Å². The topological polar surface area (TPSA) is 110 Å². The first kappa shape index (κ1) is 13.1. The first-order valence-electron chi connectivity index (χ1n) is 4.92. The molecule has 1 aromatic carbocycles. The van der Waals surface area contributed by atoms with Crippen molar-refractivity contribution in [2.75, 3.05) is 6.61 Å². The lowest BCUT2D eigenvalue weighted by atomic mass is 10.1. The number of rotatable bonds is 4. The summed E-state index contributed by atoms with van der Waals surface area (Å²) in [6.45, 7) is -0.863. The van der Waals surface area contributed by atoms with E-state index in [0.29, 0.717) is 0 Å². The van der Waals surface area contributed by atoms with Gasteiger partial charge >= 0.3 is 11.9 Å². The largest absolute Gasteiger partial charge is 0.508 e. The number of carbonyl (C=O) groups excluding carboxylic acids is 2. The monoisotopic (exact) mass is 239 g/mol. The summed E-state index contributed by atoms with van der Waals surface area (Å²) < 4.78 is 4.26. The van der Waals surface area contributed by atoms with Crippen molar-refractivity contribution >= 4 is 11.9 Å². The van der Waals surface area contributed by atoms with E-state index in [1.54, 1.807) is 12.1 Å². The molecular weight excluding hydrogens is 226 g/mol. The van der Waals surface area contributed by atoms with Gasteiger partial charge in [-0.25, -0.2) is 9.59 Å². The molecule has 0 aliphatic rings. The average Bonchev–Trinajstić information content (AvgIpc) is 2.31. The fraction of sp³-hybridized carbons (Fsp3) is 0.273. The van der Waals surface area contributed by atoms with Gasteiger partial charge in [-0.15, -0.1) is 0 Å². The molecule has 0 radical (unpaired) electrons. The Balaban J connectivity index is 2.54. The maximum Gasteiger partial charge on any atom is 0.339 e. The van der Waals surface area contributed by atoms with Gasteiger partial charge in [0.15, 0.2) is 0 Å². The molecule has 0 aromatic heterocycles. The van der Waals surface area contributed by atoms with Crippen LogP contribution in [0.5, 0.6) is 5.75 Å². The van der Waals surface area contributed by atoms with Gasteiger partial charge in [0, 0.05) is 0 Å². The minimum Gasteiger partial charge on any atom is -0.508 e. The zero-order valence-electron chi connectivity index (χ0n) is 9.00. The van der Waals surface area contributed by atoms with Crippen LogP contribution >= 0.6 is 0 Å². The summed E-state index contributed by atoms with van der Waals surface area (Å²) in [6, 6.07) is 5.15. The summed E-state index contributed by atoms with van der Waals surface area (Å²) in [5.41, 5.74) is 6.25. The molecule has 0 aliphatic carbocycles. The highest BCUT2D eigenvalue weighted by molar-refractivity contribution is 5.88. The van der Waals surface area contributed by atoms with Crippen LogP contribution in [0.15, 0.2) is 24.3 Å². The molecule has 0 amide bonds. The first-order valence-corrected chi connectivity index (χ1v) is 4.92. The van der Waals surface area contributed by atoms with E-state index in [-0.39, 0.29) is 12.2 Å². The van der Waals surface area contributed by atoms with Gasteiger partial charge in [0.2, 0.25) is 0 Å². The number of phenols is 1. The Morgan fingerprint density at radius 3 is 2.41 bits per heavy atom. The molecular formula is C11H13NO5. The van der Waals surface area contributed by atoms with Gasteiger partial charge in [0.05, 0.1) is 0 Å². The van der Waals surface area contributed by atoms with Crippen LogP contribution in [0, 0.1) is 0 Å². The molecule has 17 heavy (non-hydrogen) atoms. The molecule has 1 atom stereocenters. The minimum atomic E-state index is -1.03. The van der Waals surface area contributed by atoms with Crippen LogP contribution in [0.2, 0.25) is 0 Å². The van der Waals surface area contributed by atoms with E-state index in [4.69, 9.17) is 15.9 Å². The number of hydrogen-bond donors (Lipinski definition) is 3. The van der Waals surface area contributed by atoms with Gasteiger partial charge in [-0.05, 0) is 24.1 Å². The van der Waals surface area contributed by atoms with Gasteiger partial charge in [-0.1, -0.05) is 12.1 Å². The lowest BCUT2D eigenvalue weighted by Gasteiger charge is -2.09. The molecule has 0 spiro atoms. The van der Waals surface area contributed by atoms with Crippen LogP contribution in [0.3, 0.4) is 0 Å². The number of hydrogen-bond acceptors (Lipinski definition) is 6. The van der Waals surface area contributed by atoms with E-state index in [2.05, 4.69) is 4.74 Å². The molecule has 0 bridgehead atoms. The Labute approximate surface area is 97.6 Å². The van der Waals surface area contributed by atoms with Crippen molar-refractivity contribution in [2.24, 2.45) is 5.73 Å². The van der Waals surface area contributed by atoms with Crippen LogP contribution in [-0.2, 0) is 20.7 Å². The van der Waals surface area contributed by atoms with Crippen molar-refractivity contribution in [3.05, 3.63) is 29.8 Å². The van der Waals surface area contributed by atoms with Crippen molar-refractivity contribution < 1.29 is 24.5 Å². The maximum absolute atomic E-state index is 11.3. The predicted octanol–water partition coefficient (Wildman–Crippen LogP) is -0.676. The molecule has 1 rings (SSSR count). The summed E-state index contributed by atoms with van der Waals surface area (Å²) in [6.07, 6.45) is 0.178. The predicted molar refractivity (Wildman–Crippen MR) is 58.0 cm³/mol. The summed E-state index contributed by atoms with van der Waals surface area (Å²) in [5.74, 6) is -1.81. The number of aliphatic hydroxyl groups excluding tert-OH is 1. The number of carbonyl (C=O) groups is 2. The molecule has 6 nitrogen and oxygen atoms in total. The number of benzene rings is 1. The maximum atomic E-state index is 11.3. The zero-order chi connectivity index (χ0) is 12.8. The fourth-order valence-corrected chi connectivity index (χ4v) is 1.19. The molecule has 0 aliphatic heterocycles. The zero-order valence-corrected chi connectivity index (χ0v) is 9.00. The Bertz CT molecular complexity index is 401. The number of aliphatic hydroxyl groups is 1. The third-order valence-electron chi connectivity index (χ3n) is 2.04. The molecule has 1 unspecified atom stereocenters. The van der Waals surface area contributed by atoms with E-state index in [1.807, 2.05) is 0 Å². The normalized spacial score (nSPS) is 11.9. The number of esters is 2. The van der Waals surface area contributed by atoms with Crippen molar-refractivity contribution in [3.8, 4) is 5.75 Å². The van der Waals surface area contributed by atoms with Gasteiger partial charge in [-0.2, -0.15) is 0 Å². The Morgan fingerprint density at radius 1 is 1.29 bits per heavy atom. The Kier molecular flexibility index (Phi) is 4.62. The highest BCUT2D eigenvalue weighted by Gasteiger charge is 2.18. The number of phenolic OH excluding ortho intramolecular Hbond substituents is 1. The van der Waals surface area contributed by atoms with Crippen molar-refractivity contribution in [3.63, 3.8) is 0 Å². The lowest BCUT2D eigenvalue weighted by molar-refractivity contribution is -0.162. The molecule has 6 heteroatoms.